The Kier molecular flexibility index (Phi) is 7.62. The minimum atomic E-state index is 0.523. The van der Waals surface area contributed by atoms with Crippen molar-refractivity contribution < 1.29 is 0 Å². The molecule has 5 heteroatoms. The molecule has 0 aliphatic rings. The number of aliphatic imine (C=N–C) groups is 1. The molecule has 0 spiro atoms. The van der Waals surface area contributed by atoms with E-state index >= 15 is 0 Å². The largest absolute Gasteiger partial charge is 0.355 e. The highest BCUT2D eigenvalue weighted by Gasteiger charge is 2.13. The number of thiophene rings is 1. The molecule has 0 fully saturated rings. The van der Waals surface area contributed by atoms with E-state index in [1.807, 2.05) is 7.05 Å². The van der Waals surface area contributed by atoms with Crippen LogP contribution in [0, 0.1) is 5.92 Å². The van der Waals surface area contributed by atoms with Crippen LogP contribution in [0.1, 0.15) is 25.8 Å². The first-order valence-corrected chi connectivity index (χ1v) is 8.09. The standard InChI is InChI=1S/C15H28N4S/c1-12(2)8-14(19(4)5)10-18-15(16-3)17-9-13-6-7-20-11-13/h6-7,11-12,14H,8-10H2,1-5H3,(H2,16,17,18). The smallest absolute Gasteiger partial charge is 0.191 e. The number of hydrogen-bond donors (Lipinski definition) is 2. The summed E-state index contributed by atoms with van der Waals surface area (Å²) >= 11 is 1.72. The maximum absolute atomic E-state index is 4.28. The first-order chi connectivity index (χ1) is 9.52. The molecule has 0 aliphatic heterocycles. The van der Waals surface area contributed by atoms with E-state index in [0.717, 1.165) is 19.0 Å². The average Bonchev–Trinajstić information content (AvgIpc) is 2.89. The summed E-state index contributed by atoms with van der Waals surface area (Å²) in [5.41, 5.74) is 1.30. The van der Waals surface area contributed by atoms with Crippen molar-refractivity contribution in [1.29, 1.82) is 0 Å². The fourth-order valence-corrected chi connectivity index (χ4v) is 2.70. The van der Waals surface area contributed by atoms with E-state index in [1.165, 1.54) is 12.0 Å². The van der Waals surface area contributed by atoms with Crippen LogP contribution in [-0.4, -0.2) is 44.6 Å². The number of nitrogens with one attached hydrogen (secondary N) is 2. The molecular formula is C15H28N4S. The summed E-state index contributed by atoms with van der Waals surface area (Å²) in [6.45, 7) is 6.26. The van der Waals surface area contributed by atoms with E-state index in [4.69, 9.17) is 0 Å². The lowest BCUT2D eigenvalue weighted by Crippen LogP contribution is -2.45. The Hall–Kier alpha value is -1.07. The Bertz CT molecular complexity index is 385. The first kappa shape index (κ1) is 17.0. The lowest BCUT2D eigenvalue weighted by Gasteiger charge is -2.27. The molecule has 0 saturated carbocycles. The molecule has 0 saturated heterocycles. The van der Waals surface area contributed by atoms with Crippen molar-refractivity contribution in [1.82, 2.24) is 15.5 Å². The molecule has 1 aromatic rings. The lowest BCUT2D eigenvalue weighted by molar-refractivity contribution is 0.254. The Balaban J connectivity index is 2.39. The molecule has 0 bridgehead atoms. The molecule has 0 amide bonds. The van der Waals surface area contributed by atoms with Crippen LogP contribution in [0.5, 0.6) is 0 Å². The van der Waals surface area contributed by atoms with Crippen molar-refractivity contribution in [2.24, 2.45) is 10.9 Å². The average molecular weight is 296 g/mol. The van der Waals surface area contributed by atoms with Gasteiger partial charge in [0.15, 0.2) is 5.96 Å². The highest BCUT2D eigenvalue weighted by atomic mass is 32.1. The van der Waals surface area contributed by atoms with Crippen LogP contribution < -0.4 is 10.6 Å². The van der Waals surface area contributed by atoms with E-state index in [0.29, 0.717) is 12.0 Å². The van der Waals surface area contributed by atoms with Crippen LogP contribution in [-0.2, 0) is 6.54 Å². The summed E-state index contributed by atoms with van der Waals surface area (Å²) < 4.78 is 0. The number of hydrogen-bond acceptors (Lipinski definition) is 3. The highest BCUT2D eigenvalue weighted by molar-refractivity contribution is 7.07. The van der Waals surface area contributed by atoms with Gasteiger partial charge in [0.05, 0.1) is 0 Å². The van der Waals surface area contributed by atoms with Crippen molar-refractivity contribution in [3.05, 3.63) is 22.4 Å². The van der Waals surface area contributed by atoms with Gasteiger partial charge in [-0.25, -0.2) is 0 Å². The molecular weight excluding hydrogens is 268 g/mol. The van der Waals surface area contributed by atoms with E-state index < -0.39 is 0 Å². The SMILES string of the molecule is CN=C(NCc1ccsc1)NCC(CC(C)C)N(C)C. The van der Waals surface area contributed by atoms with Gasteiger partial charge < -0.3 is 15.5 Å². The molecule has 4 nitrogen and oxygen atoms in total. The van der Waals surface area contributed by atoms with E-state index in [-0.39, 0.29) is 0 Å². The number of rotatable bonds is 7. The Morgan fingerprint density at radius 2 is 2.10 bits per heavy atom. The normalized spacial score (nSPS) is 13.8. The number of guanidine groups is 1. The van der Waals surface area contributed by atoms with Crippen LogP contribution >= 0.6 is 11.3 Å². The van der Waals surface area contributed by atoms with Gasteiger partial charge >= 0.3 is 0 Å². The highest BCUT2D eigenvalue weighted by Crippen LogP contribution is 2.08. The van der Waals surface area contributed by atoms with Crippen molar-refractivity contribution in [2.45, 2.75) is 32.9 Å². The topological polar surface area (TPSA) is 39.7 Å². The third kappa shape index (κ3) is 6.39. The minimum Gasteiger partial charge on any atom is -0.355 e. The predicted octanol–water partition coefficient (Wildman–Crippen LogP) is 2.39. The Labute approximate surface area is 127 Å². The third-order valence-electron chi connectivity index (χ3n) is 3.24. The molecule has 1 heterocycles. The lowest BCUT2D eigenvalue weighted by atomic mass is 10.0. The molecule has 2 N–H and O–H groups in total. The van der Waals surface area contributed by atoms with Gasteiger partial charge in [0.2, 0.25) is 0 Å². The second kappa shape index (κ2) is 8.97. The fraction of sp³-hybridized carbons (Fsp3) is 0.667. The second-order valence-corrected chi connectivity index (χ2v) is 6.47. The van der Waals surface area contributed by atoms with Gasteiger partial charge in [-0.15, -0.1) is 0 Å². The van der Waals surface area contributed by atoms with Crippen LogP contribution in [0.2, 0.25) is 0 Å². The van der Waals surface area contributed by atoms with Gasteiger partial charge in [-0.1, -0.05) is 13.8 Å². The third-order valence-corrected chi connectivity index (χ3v) is 3.97. The van der Waals surface area contributed by atoms with E-state index in [1.54, 1.807) is 11.3 Å². The summed E-state index contributed by atoms with van der Waals surface area (Å²) in [6.07, 6.45) is 1.18. The van der Waals surface area contributed by atoms with Crippen molar-refractivity contribution in [3.63, 3.8) is 0 Å². The van der Waals surface area contributed by atoms with E-state index in [2.05, 4.69) is 65.3 Å². The zero-order chi connectivity index (χ0) is 15.0. The number of nitrogens with zero attached hydrogens (tertiary/aromatic N) is 2. The Morgan fingerprint density at radius 3 is 2.60 bits per heavy atom. The molecule has 0 aromatic carbocycles. The zero-order valence-corrected chi connectivity index (χ0v) is 14.1. The van der Waals surface area contributed by atoms with Crippen LogP contribution in [0.3, 0.4) is 0 Å². The predicted molar refractivity (Wildman–Crippen MR) is 89.5 cm³/mol. The quantitative estimate of drug-likeness (QED) is 0.599. The molecule has 1 unspecified atom stereocenters. The molecule has 20 heavy (non-hydrogen) atoms. The van der Waals surface area contributed by atoms with Gasteiger partial charge in [0, 0.05) is 26.2 Å². The second-order valence-electron chi connectivity index (χ2n) is 5.69. The summed E-state index contributed by atoms with van der Waals surface area (Å²) in [4.78, 5) is 6.55. The van der Waals surface area contributed by atoms with Gasteiger partial charge in [0.25, 0.3) is 0 Å². The fourth-order valence-electron chi connectivity index (χ4n) is 2.03. The molecule has 1 atom stereocenters. The summed E-state index contributed by atoms with van der Waals surface area (Å²) in [6, 6.07) is 2.65. The summed E-state index contributed by atoms with van der Waals surface area (Å²) in [5.74, 6) is 1.57. The van der Waals surface area contributed by atoms with Crippen LogP contribution in [0.25, 0.3) is 0 Å². The van der Waals surface area contributed by atoms with Gasteiger partial charge in [-0.2, -0.15) is 11.3 Å². The minimum absolute atomic E-state index is 0.523. The molecule has 114 valence electrons. The van der Waals surface area contributed by atoms with Gasteiger partial charge in [-0.05, 0) is 48.8 Å². The van der Waals surface area contributed by atoms with E-state index in [9.17, 15) is 0 Å². The van der Waals surface area contributed by atoms with Crippen LogP contribution in [0.15, 0.2) is 21.8 Å². The van der Waals surface area contributed by atoms with Gasteiger partial charge in [-0.3, -0.25) is 4.99 Å². The number of likely N-dealkylation sites (N-methyl/N-ethyl adjacent to an activating group) is 1. The molecule has 1 rings (SSSR count). The monoisotopic (exact) mass is 296 g/mol. The summed E-state index contributed by atoms with van der Waals surface area (Å²) in [5, 5.41) is 11.0. The van der Waals surface area contributed by atoms with Crippen molar-refractivity contribution >= 4 is 17.3 Å². The molecule has 1 aromatic heterocycles. The van der Waals surface area contributed by atoms with Crippen molar-refractivity contribution in [2.75, 3.05) is 27.7 Å². The molecule has 0 radical (unpaired) electrons. The maximum Gasteiger partial charge on any atom is 0.191 e. The molecule has 0 aliphatic carbocycles. The van der Waals surface area contributed by atoms with Crippen molar-refractivity contribution in [3.8, 4) is 0 Å². The zero-order valence-electron chi connectivity index (χ0n) is 13.3. The van der Waals surface area contributed by atoms with Gasteiger partial charge in [0.1, 0.15) is 0 Å². The van der Waals surface area contributed by atoms with Crippen LogP contribution in [0.4, 0.5) is 0 Å². The first-order valence-electron chi connectivity index (χ1n) is 7.15. The summed E-state index contributed by atoms with van der Waals surface area (Å²) in [7, 11) is 6.09. The Morgan fingerprint density at radius 1 is 1.35 bits per heavy atom. The maximum atomic E-state index is 4.28.